The van der Waals surface area contributed by atoms with Crippen molar-refractivity contribution in [3.05, 3.63) is 18.0 Å². The van der Waals surface area contributed by atoms with E-state index in [-0.39, 0.29) is 0 Å². The SMILES string of the molecule is CNCCCN(C)S(=O)(=O)NCCn1cc(C)cn1. The summed E-state index contributed by atoms with van der Waals surface area (Å²) in [5.41, 5.74) is 1.06. The third kappa shape index (κ3) is 5.68. The number of rotatable bonds is 9. The minimum Gasteiger partial charge on any atom is -0.320 e. The Morgan fingerprint density at radius 1 is 1.42 bits per heavy atom. The molecule has 0 spiro atoms. The van der Waals surface area contributed by atoms with Crippen molar-refractivity contribution in [1.29, 1.82) is 0 Å². The first-order valence-electron chi connectivity index (χ1n) is 6.30. The Bertz CT molecular complexity index is 471. The lowest BCUT2D eigenvalue weighted by molar-refractivity contribution is 0.444. The molecule has 19 heavy (non-hydrogen) atoms. The Morgan fingerprint density at radius 2 is 2.16 bits per heavy atom. The molecule has 8 heteroatoms. The van der Waals surface area contributed by atoms with E-state index in [1.54, 1.807) is 17.9 Å². The van der Waals surface area contributed by atoms with Crippen LogP contribution in [0.4, 0.5) is 0 Å². The molecular weight excluding hydrogens is 266 g/mol. The fourth-order valence-electron chi connectivity index (χ4n) is 1.59. The number of aryl methyl sites for hydroxylation is 1. The lowest BCUT2D eigenvalue weighted by Gasteiger charge is -2.17. The zero-order valence-electron chi connectivity index (χ0n) is 11.8. The highest BCUT2D eigenvalue weighted by Gasteiger charge is 2.15. The van der Waals surface area contributed by atoms with Gasteiger partial charge in [0.05, 0.1) is 12.7 Å². The highest BCUT2D eigenvalue weighted by atomic mass is 32.2. The fourth-order valence-corrected chi connectivity index (χ4v) is 2.53. The van der Waals surface area contributed by atoms with E-state index < -0.39 is 10.2 Å². The number of nitrogens with zero attached hydrogens (tertiary/aromatic N) is 3. The minimum atomic E-state index is -3.39. The van der Waals surface area contributed by atoms with E-state index in [2.05, 4.69) is 15.1 Å². The van der Waals surface area contributed by atoms with Crippen LogP contribution in [0.5, 0.6) is 0 Å². The van der Waals surface area contributed by atoms with Crippen LogP contribution in [0, 0.1) is 6.92 Å². The summed E-state index contributed by atoms with van der Waals surface area (Å²) in [7, 11) is 0.0358. The third-order valence-corrected chi connectivity index (χ3v) is 4.27. The van der Waals surface area contributed by atoms with Crippen molar-refractivity contribution in [1.82, 2.24) is 24.1 Å². The average molecular weight is 289 g/mol. The van der Waals surface area contributed by atoms with Gasteiger partial charge in [0, 0.05) is 26.3 Å². The summed E-state index contributed by atoms with van der Waals surface area (Å²) in [5.74, 6) is 0. The number of hydrogen-bond donors (Lipinski definition) is 2. The zero-order chi connectivity index (χ0) is 14.3. The van der Waals surface area contributed by atoms with Gasteiger partial charge in [0.1, 0.15) is 0 Å². The van der Waals surface area contributed by atoms with Crippen LogP contribution in [0.25, 0.3) is 0 Å². The Balaban J connectivity index is 2.33. The normalized spacial score (nSPS) is 12.2. The predicted octanol–water partition coefficient (Wildman–Crippen LogP) is -0.433. The Morgan fingerprint density at radius 3 is 2.74 bits per heavy atom. The van der Waals surface area contributed by atoms with Crippen LogP contribution in [0.3, 0.4) is 0 Å². The first kappa shape index (κ1) is 16.1. The highest BCUT2D eigenvalue weighted by molar-refractivity contribution is 7.87. The van der Waals surface area contributed by atoms with Crippen LogP contribution in [0.15, 0.2) is 12.4 Å². The second-order valence-electron chi connectivity index (χ2n) is 4.46. The van der Waals surface area contributed by atoms with E-state index in [4.69, 9.17) is 0 Å². The molecule has 1 aromatic rings. The first-order chi connectivity index (χ1) is 8.95. The molecule has 110 valence electrons. The smallest absolute Gasteiger partial charge is 0.279 e. The van der Waals surface area contributed by atoms with Gasteiger partial charge < -0.3 is 5.32 Å². The Hall–Kier alpha value is -0.960. The molecule has 0 aromatic carbocycles. The highest BCUT2D eigenvalue weighted by Crippen LogP contribution is 1.96. The van der Waals surface area contributed by atoms with Crippen LogP contribution >= 0.6 is 0 Å². The van der Waals surface area contributed by atoms with Gasteiger partial charge in [-0.3, -0.25) is 4.68 Å². The summed E-state index contributed by atoms with van der Waals surface area (Å²) < 4.78 is 29.4. The lowest BCUT2D eigenvalue weighted by Crippen LogP contribution is -2.40. The van der Waals surface area contributed by atoms with Crippen LogP contribution in [0.1, 0.15) is 12.0 Å². The van der Waals surface area contributed by atoms with Crippen molar-refractivity contribution in [2.24, 2.45) is 0 Å². The maximum absolute atomic E-state index is 11.9. The van der Waals surface area contributed by atoms with Crippen molar-refractivity contribution < 1.29 is 8.42 Å². The molecule has 0 aliphatic heterocycles. The molecule has 0 fully saturated rings. The topological polar surface area (TPSA) is 79.3 Å². The lowest BCUT2D eigenvalue weighted by atomic mass is 10.4. The second kappa shape index (κ2) is 7.59. The van der Waals surface area contributed by atoms with Gasteiger partial charge in [0.2, 0.25) is 0 Å². The molecule has 0 radical (unpaired) electrons. The number of aromatic nitrogens is 2. The fraction of sp³-hybridized carbons (Fsp3) is 0.727. The van der Waals surface area contributed by atoms with E-state index in [1.807, 2.05) is 20.2 Å². The molecule has 0 aliphatic rings. The molecule has 7 nitrogen and oxygen atoms in total. The number of nitrogens with one attached hydrogen (secondary N) is 2. The predicted molar refractivity (Wildman–Crippen MR) is 75.1 cm³/mol. The summed E-state index contributed by atoms with van der Waals surface area (Å²) in [6, 6.07) is 0. The van der Waals surface area contributed by atoms with Crippen LogP contribution in [-0.2, 0) is 16.8 Å². The van der Waals surface area contributed by atoms with E-state index in [1.165, 1.54) is 4.31 Å². The van der Waals surface area contributed by atoms with Crippen LogP contribution < -0.4 is 10.0 Å². The molecule has 2 N–H and O–H groups in total. The Labute approximate surface area is 115 Å². The number of hydrogen-bond acceptors (Lipinski definition) is 4. The Kier molecular flexibility index (Phi) is 6.43. The van der Waals surface area contributed by atoms with Gasteiger partial charge >= 0.3 is 0 Å². The van der Waals surface area contributed by atoms with Gasteiger partial charge in [-0.2, -0.15) is 17.8 Å². The van der Waals surface area contributed by atoms with Crippen molar-refractivity contribution >= 4 is 10.2 Å². The van der Waals surface area contributed by atoms with Gasteiger partial charge in [-0.1, -0.05) is 0 Å². The molecule has 1 heterocycles. The molecule has 0 saturated carbocycles. The van der Waals surface area contributed by atoms with Crippen molar-refractivity contribution in [3.63, 3.8) is 0 Å². The van der Waals surface area contributed by atoms with E-state index in [0.717, 1.165) is 18.5 Å². The van der Waals surface area contributed by atoms with Gasteiger partial charge in [-0.05, 0) is 32.5 Å². The summed E-state index contributed by atoms with van der Waals surface area (Å²) >= 11 is 0. The molecule has 0 saturated heterocycles. The molecule has 0 unspecified atom stereocenters. The molecule has 0 amide bonds. The molecule has 0 bridgehead atoms. The minimum absolute atomic E-state index is 0.333. The van der Waals surface area contributed by atoms with Gasteiger partial charge in [-0.15, -0.1) is 0 Å². The van der Waals surface area contributed by atoms with Crippen LogP contribution in [0.2, 0.25) is 0 Å². The first-order valence-corrected chi connectivity index (χ1v) is 7.74. The maximum atomic E-state index is 11.9. The molecule has 0 aliphatic carbocycles. The van der Waals surface area contributed by atoms with Crippen molar-refractivity contribution in [3.8, 4) is 0 Å². The summed E-state index contributed by atoms with van der Waals surface area (Å²) in [4.78, 5) is 0. The molecule has 1 aromatic heterocycles. The van der Waals surface area contributed by atoms with E-state index >= 15 is 0 Å². The summed E-state index contributed by atoms with van der Waals surface area (Å²) in [6.07, 6.45) is 4.41. The van der Waals surface area contributed by atoms with Gasteiger partial charge in [0.15, 0.2) is 0 Å². The zero-order valence-corrected chi connectivity index (χ0v) is 12.6. The summed E-state index contributed by atoms with van der Waals surface area (Å²) in [5, 5.41) is 7.09. The van der Waals surface area contributed by atoms with Crippen LogP contribution in [-0.4, -0.2) is 56.2 Å². The average Bonchev–Trinajstić information content (AvgIpc) is 2.75. The molecule has 0 atom stereocenters. The van der Waals surface area contributed by atoms with E-state index in [0.29, 0.717) is 19.6 Å². The monoisotopic (exact) mass is 289 g/mol. The van der Waals surface area contributed by atoms with Crippen molar-refractivity contribution in [2.45, 2.75) is 19.9 Å². The van der Waals surface area contributed by atoms with Gasteiger partial charge in [0.25, 0.3) is 10.2 Å². The standard InChI is InChI=1S/C11H23N5O2S/c1-11-9-13-16(10-11)8-6-14-19(17,18)15(3)7-4-5-12-2/h9-10,12,14H,4-8H2,1-3H3. The second-order valence-corrected chi connectivity index (χ2v) is 6.32. The molecular formula is C11H23N5O2S. The molecule has 1 rings (SSSR count). The third-order valence-electron chi connectivity index (χ3n) is 2.70. The maximum Gasteiger partial charge on any atom is 0.279 e. The van der Waals surface area contributed by atoms with Crippen molar-refractivity contribution in [2.75, 3.05) is 33.7 Å². The quantitative estimate of drug-likeness (QED) is 0.605. The van der Waals surface area contributed by atoms with E-state index in [9.17, 15) is 8.42 Å². The summed E-state index contributed by atoms with van der Waals surface area (Å²) in [6.45, 7) is 4.10. The van der Waals surface area contributed by atoms with Gasteiger partial charge in [-0.25, -0.2) is 4.72 Å². The largest absolute Gasteiger partial charge is 0.320 e.